The van der Waals surface area contributed by atoms with Crippen LogP contribution in [-0.2, 0) is 9.59 Å². The van der Waals surface area contributed by atoms with Gasteiger partial charge in [-0.25, -0.2) is 0 Å². The summed E-state index contributed by atoms with van der Waals surface area (Å²) in [6, 6.07) is -0.285. The normalized spacial score (nSPS) is 17.7. The summed E-state index contributed by atoms with van der Waals surface area (Å²) in [6.07, 6.45) is 4.26. The molecule has 3 N–H and O–H groups in total. The van der Waals surface area contributed by atoms with Gasteiger partial charge in [0.15, 0.2) is 0 Å². The van der Waals surface area contributed by atoms with Crippen molar-refractivity contribution in [3.05, 3.63) is 0 Å². The van der Waals surface area contributed by atoms with Crippen LogP contribution >= 0.6 is 24.2 Å². The number of carbonyl (C=O) groups is 2. The second kappa shape index (κ2) is 11.2. The maximum absolute atomic E-state index is 12.0. The fourth-order valence-electron chi connectivity index (χ4n) is 1.98. The molecule has 0 saturated carbocycles. The van der Waals surface area contributed by atoms with Gasteiger partial charge in [-0.15, -0.1) is 24.2 Å². The number of hydrogen-bond acceptors (Lipinski definition) is 4. The van der Waals surface area contributed by atoms with Crippen LogP contribution in [0.2, 0.25) is 0 Å². The van der Waals surface area contributed by atoms with Crippen molar-refractivity contribution in [2.75, 3.05) is 24.7 Å². The highest BCUT2D eigenvalue weighted by Crippen LogP contribution is 2.22. The molecule has 1 saturated heterocycles. The number of hydrogen-bond donors (Lipinski definition) is 2. The number of thioether (sulfide) groups is 1. The van der Waals surface area contributed by atoms with Gasteiger partial charge in [0.2, 0.25) is 11.8 Å². The Kier molecular flexibility index (Phi) is 11.0. The fraction of sp³-hybridized carbons (Fsp3) is 0.846. The van der Waals surface area contributed by atoms with Gasteiger partial charge in [0.05, 0.1) is 5.88 Å². The molecule has 0 radical (unpaired) electrons. The van der Waals surface area contributed by atoms with Crippen LogP contribution < -0.4 is 11.1 Å². The molecule has 1 heterocycles. The van der Waals surface area contributed by atoms with Gasteiger partial charge in [-0.1, -0.05) is 13.3 Å². The molecule has 1 fully saturated rings. The number of unbranched alkanes of at least 4 members (excludes halogenated alkanes) is 2. The lowest BCUT2D eigenvalue weighted by molar-refractivity contribution is -0.138. The average molecular weight is 324 g/mol. The minimum absolute atomic E-state index is 0. The Bertz CT molecular complexity index is 305. The summed E-state index contributed by atoms with van der Waals surface area (Å²) in [5.74, 6) is 1.44. The highest BCUT2D eigenvalue weighted by Gasteiger charge is 2.33. The maximum Gasteiger partial charge on any atom is 0.243 e. The third kappa shape index (κ3) is 6.33. The Morgan fingerprint density at radius 1 is 1.35 bits per heavy atom. The summed E-state index contributed by atoms with van der Waals surface area (Å²) in [5, 5.41) is 2.90. The van der Waals surface area contributed by atoms with Crippen molar-refractivity contribution < 1.29 is 9.59 Å². The van der Waals surface area contributed by atoms with Gasteiger partial charge in [-0.05, 0) is 25.8 Å². The summed E-state index contributed by atoms with van der Waals surface area (Å²) in [7, 11) is 0. The first-order valence-electron chi connectivity index (χ1n) is 7.05. The summed E-state index contributed by atoms with van der Waals surface area (Å²) in [5.41, 5.74) is 5.41. The third-order valence-corrected chi connectivity index (χ3v) is 4.19. The van der Waals surface area contributed by atoms with E-state index in [1.807, 2.05) is 0 Å². The van der Waals surface area contributed by atoms with Crippen molar-refractivity contribution >= 4 is 36.0 Å². The zero-order valence-corrected chi connectivity index (χ0v) is 13.7. The summed E-state index contributed by atoms with van der Waals surface area (Å²) >= 11 is 1.65. The number of halogens is 1. The number of nitrogens with one attached hydrogen (secondary N) is 1. The van der Waals surface area contributed by atoms with E-state index in [4.69, 9.17) is 5.73 Å². The molecule has 1 aliphatic rings. The zero-order valence-electron chi connectivity index (χ0n) is 12.1. The minimum atomic E-state index is -0.285. The Hall–Kier alpha value is -0.460. The monoisotopic (exact) mass is 323 g/mol. The van der Waals surface area contributed by atoms with Crippen LogP contribution in [0.4, 0.5) is 0 Å². The highest BCUT2D eigenvalue weighted by molar-refractivity contribution is 7.99. The molecule has 118 valence electrons. The van der Waals surface area contributed by atoms with Gasteiger partial charge >= 0.3 is 0 Å². The molecule has 20 heavy (non-hydrogen) atoms. The molecule has 1 rings (SSSR count). The number of nitrogens with two attached hydrogens (primary N) is 1. The van der Waals surface area contributed by atoms with E-state index < -0.39 is 0 Å². The number of amides is 2. The molecule has 1 atom stereocenters. The van der Waals surface area contributed by atoms with E-state index in [1.54, 1.807) is 16.7 Å². The lowest BCUT2D eigenvalue weighted by atomic mass is 10.2. The first-order valence-corrected chi connectivity index (χ1v) is 8.21. The van der Waals surface area contributed by atoms with Crippen LogP contribution in [0.1, 0.15) is 39.0 Å². The Labute approximate surface area is 131 Å². The van der Waals surface area contributed by atoms with E-state index in [0.717, 1.165) is 25.7 Å². The van der Waals surface area contributed by atoms with E-state index >= 15 is 0 Å². The number of carbonyl (C=O) groups excluding carboxylic acids is 2. The fourth-order valence-corrected chi connectivity index (χ4v) is 3.16. The summed E-state index contributed by atoms with van der Waals surface area (Å²) < 4.78 is 0. The third-order valence-electron chi connectivity index (χ3n) is 3.18. The predicted octanol–water partition coefficient (Wildman–Crippen LogP) is 1.35. The quantitative estimate of drug-likeness (QED) is 0.661. The molecule has 2 amide bonds. The van der Waals surface area contributed by atoms with Gasteiger partial charge in [0.1, 0.15) is 6.04 Å². The molecular formula is C13H26ClN3O2S. The molecule has 7 heteroatoms. The van der Waals surface area contributed by atoms with Crippen molar-refractivity contribution in [3.8, 4) is 0 Å². The topological polar surface area (TPSA) is 75.4 Å². The molecule has 0 aromatic rings. The second-order valence-electron chi connectivity index (χ2n) is 4.77. The van der Waals surface area contributed by atoms with Crippen LogP contribution in [0.5, 0.6) is 0 Å². The Morgan fingerprint density at radius 3 is 2.75 bits per heavy atom. The zero-order chi connectivity index (χ0) is 14.1. The standard InChI is InChI=1S/C13H25N3O2S.ClH/c1-2-3-6-12(17)16-10-19-9-11(16)13(18)15-8-5-4-7-14;/h11H,2-10,14H2,1H3,(H,15,18);1H. The molecule has 0 spiro atoms. The first kappa shape index (κ1) is 19.5. The second-order valence-corrected chi connectivity index (χ2v) is 5.77. The lowest BCUT2D eigenvalue weighted by Crippen LogP contribution is -2.47. The van der Waals surface area contributed by atoms with Crippen molar-refractivity contribution in [3.63, 3.8) is 0 Å². The van der Waals surface area contributed by atoms with Crippen molar-refractivity contribution in [2.24, 2.45) is 5.73 Å². The molecule has 5 nitrogen and oxygen atoms in total. The van der Waals surface area contributed by atoms with Crippen LogP contribution in [-0.4, -0.2) is 47.5 Å². The van der Waals surface area contributed by atoms with Gasteiger partial charge in [-0.3, -0.25) is 9.59 Å². The number of rotatable bonds is 8. The molecule has 0 aromatic heterocycles. The molecule has 0 aliphatic carbocycles. The SMILES string of the molecule is CCCCC(=O)N1CSCC1C(=O)NCCCCN.Cl. The van der Waals surface area contributed by atoms with E-state index in [9.17, 15) is 9.59 Å². The smallest absolute Gasteiger partial charge is 0.243 e. The summed E-state index contributed by atoms with van der Waals surface area (Å²) in [6.45, 7) is 3.36. The predicted molar refractivity (Wildman–Crippen MR) is 86.0 cm³/mol. The van der Waals surface area contributed by atoms with Crippen LogP contribution in [0.3, 0.4) is 0 Å². The van der Waals surface area contributed by atoms with Gasteiger partial charge in [-0.2, -0.15) is 0 Å². The van der Waals surface area contributed by atoms with E-state index in [2.05, 4.69) is 12.2 Å². The minimum Gasteiger partial charge on any atom is -0.354 e. The van der Waals surface area contributed by atoms with Crippen molar-refractivity contribution in [1.29, 1.82) is 0 Å². The van der Waals surface area contributed by atoms with E-state index in [-0.39, 0.29) is 30.3 Å². The van der Waals surface area contributed by atoms with Crippen LogP contribution in [0, 0.1) is 0 Å². The molecule has 1 aliphatic heterocycles. The van der Waals surface area contributed by atoms with Crippen molar-refractivity contribution in [1.82, 2.24) is 10.2 Å². The average Bonchev–Trinajstić information content (AvgIpc) is 2.90. The van der Waals surface area contributed by atoms with Crippen LogP contribution in [0.25, 0.3) is 0 Å². The van der Waals surface area contributed by atoms with Gasteiger partial charge in [0, 0.05) is 18.7 Å². The molecule has 0 bridgehead atoms. The molecular weight excluding hydrogens is 298 g/mol. The molecule has 0 aromatic carbocycles. The lowest BCUT2D eigenvalue weighted by Gasteiger charge is -2.23. The van der Waals surface area contributed by atoms with E-state index in [1.165, 1.54) is 0 Å². The van der Waals surface area contributed by atoms with Gasteiger partial charge < -0.3 is 16.0 Å². The summed E-state index contributed by atoms with van der Waals surface area (Å²) in [4.78, 5) is 25.8. The largest absolute Gasteiger partial charge is 0.354 e. The van der Waals surface area contributed by atoms with Crippen LogP contribution in [0.15, 0.2) is 0 Å². The first-order chi connectivity index (χ1) is 9.20. The van der Waals surface area contributed by atoms with E-state index in [0.29, 0.717) is 31.1 Å². The number of nitrogens with zero attached hydrogens (tertiary/aromatic N) is 1. The van der Waals surface area contributed by atoms with Crippen molar-refractivity contribution in [2.45, 2.75) is 45.1 Å². The highest BCUT2D eigenvalue weighted by atomic mass is 35.5. The van der Waals surface area contributed by atoms with Gasteiger partial charge in [0.25, 0.3) is 0 Å². The molecule has 1 unspecified atom stereocenters. The Balaban J connectivity index is 0.00000361. The maximum atomic E-state index is 12.0. The Morgan fingerprint density at radius 2 is 2.10 bits per heavy atom.